The molecule has 0 fully saturated rings. The maximum absolute atomic E-state index is 13.7. The van der Waals surface area contributed by atoms with Gasteiger partial charge in [0.25, 0.3) is 0 Å². The normalized spacial score (nSPS) is 16.8. The van der Waals surface area contributed by atoms with Crippen LogP contribution in [-0.2, 0) is 14.8 Å². The Labute approximate surface area is 124 Å². The van der Waals surface area contributed by atoms with Crippen LogP contribution in [0.1, 0.15) is 12.0 Å². The van der Waals surface area contributed by atoms with Crippen LogP contribution >= 0.6 is 0 Å². The van der Waals surface area contributed by atoms with Gasteiger partial charge in [0.2, 0.25) is 10.0 Å². The highest BCUT2D eigenvalue weighted by molar-refractivity contribution is 7.89. The molecule has 21 heavy (non-hydrogen) atoms. The average Bonchev–Trinajstić information content (AvgIpc) is 2.45. The third-order valence-corrected chi connectivity index (χ3v) is 5.43. The second kappa shape index (κ2) is 6.13. The van der Waals surface area contributed by atoms with Crippen LogP contribution in [0.3, 0.4) is 0 Å². The summed E-state index contributed by atoms with van der Waals surface area (Å²) >= 11 is 0. The summed E-state index contributed by atoms with van der Waals surface area (Å²) < 4.78 is 45.1. The Morgan fingerprint density at radius 2 is 2.14 bits per heavy atom. The molecular formula is C14H19FN2O3S. The number of nitrogens with two attached hydrogens (primary N) is 1. The molecule has 1 aliphatic heterocycles. The number of rotatable bonds is 4. The van der Waals surface area contributed by atoms with E-state index in [-0.39, 0.29) is 22.7 Å². The molecule has 2 rings (SSSR count). The van der Waals surface area contributed by atoms with Crippen molar-refractivity contribution in [1.29, 1.82) is 0 Å². The number of anilines is 1. The van der Waals surface area contributed by atoms with Crippen LogP contribution in [-0.4, -0.2) is 39.5 Å². The number of hydrogen-bond donors (Lipinski definition) is 1. The molecule has 0 spiro atoms. The lowest BCUT2D eigenvalue weighted by Crippen LogP contribution is -2.35. The van der Waals surface area contributed by atoms with Gasteiger partial charge in [0.15, 0.2) is 0 Å². The van der Waals surface area contributed by atoms with Crippen molar-refractivity contribution in [2.75, 3.05) is 32.5 Å². The Morgan fingerprint density at radius 3 is 2.67 bits per heavy atom. The van der Waals surface area contributed by atoms with Gasteiger partial charge < -0.3 is 10.5 Å². The molecule has 0 unspecified atom stereocenters. The standard InChI is InChI=1S/C14H19FN2O3S/c1-10-13(15)7-12(8-14(10)16)21(18,19)17-5-3-11(4-6-17)9-20-2/h3,7-8H,4-6,9,16H2,1-2H3. The van der Waals surface area contributed by atoms with Gasteiger partial charge in [-0.25, -0.2) is 12.8 Å². The Bertz CT molecular complexity index is 648. The third kappa shape index (κ3) is 3.25. The van der Waals surface area contributed by atoms with Crippen molar-refractivity contribution in [3.05, 3.63) is 35.2 Å². The summed E-state index contributed by atoms with van der Waals surface area (Å²) in [4.78, 5) is -0.105. The van der Waals surface area contributed by atoms with Gasteiger partial charge in [-0.05, 0) is 31.1 Å². The zero-order valence-corrected chi connectivity index (χ0v) is 12.9. The zero-order valence-electron chi connectivity index (χ0n) is 12.1. The van der Waals surface area contributed by atoms with Crippen LogP contribution < -0.4 is 5.73 Å². The predicted molar refractivity (Wildman–Crippen MR) is 78.9 cm³/mol. The Balaban J connectivity index is 2.28. The van der Waals surface area contributed by atoms with Crippen molar-refractivity contribution >= 4 is 15.7 Å². The van der Waals surface area contributed by atoms with E-state index in [9.17, 15) is 12.8 Å². The van der Waals surface area contributed by atoms with E-state index in [0.717, 1.165) is 11.6 Å². The summed E-state index contributed by atoms with van der Waals surface area (Å²) in [5.74, 6) is -0.610. The fraction of sp³-hybridized carbons (Fsp3) is 0.429. The minimum absolute atomic E-state index is 0.105. The number of ether oxygens (including phenoxy) is 1. The van der Waals surface area contributed by atoms with Crippen molar-refractivity contribution < 1.29 is 17.5 Å². The van der Waals surface area contributed by atoms with Crippen LogP contribution in [0, 0.1) is 12.7 Å². The van der Waals surface area contributed by atoms with Crippen molar-refractivity contribution in [1.82, 2.24) is 4.31 Å². The number of benzene rings is 1. The summed E-state index contributed by atoms with van der Waals surface area (Å²) in [6.07, 6.45) is 2.44. The second-order valence-corrected chi connectivity index (χ2v) is 6.97. The van der Waals surface area contributed by atoms with E-state index in [1.54, 1.807) is 7.11 Å². The van der Waals surface area contributed by atoms with E-state index in [4.69, 9.17) is 10.5 Å². The van der Waals surface area contributed by atoms with Crippen molar-refractivity contribution in [3.8, 4) is 0 Å². The van der Waals surface area contributed by atoms with Gasteiger partial charge in [-0.3, -0.25) is 0 Å². The molecule has 1 heterocycles. The fourth-order valence-electron chi connectivity index (χ4n) is 2.20. The second-order valence-electron chi connectivity index (χ2n) is 5.03. The lowest BCUT2D eigenvalue weighted by Gasteiger charge is -2.26. The summed E-state index contributed by atoms with van der Waals surface area (Å²) in [6, 6.07) is 2.33. The van der Waals surface area contributed by atoms with E-state index in [1.165, 1.54) is 17.3 Å². The summed E-state index contributed by atoms with van der Waals surface area (Å²) in [6.45, 7) is 2.63. The van der Waals surface area contributed by atoms with Crippen LogP contribution in [0.5, 0.6) is 0 Å². The summed E-state index contributed by atoms with van der Waals surface area (Å²) in [5.41, 5.74) is 7.13. The van der Waals surface area contributed by atoms with Crippen LogP contribution in [0.25, 0.3) is 0 Å². The number of nitrogens with zero attached hydrogens (tertiary/aromatic N) is 1. The monoisotopic (exact) mass is 314 g/mol. The molecule has 0 radical (unpaired) electrons. The molecule has 7 heteroatoms. The van der Waals surface area contributed by atoms with Gasteiger partial charge in [0.1, 0.15) is 5.82 Å². The third-order valence-electron chi connectivity index (χ3n) is 3.59. The fourth-order valence-corrected chi connectivity index (χ4v) is 3.63. The summed E-state index contributed by atoms with van der Waals surface area (Å²) in [5, 5.41) is 0. The van der Waals surface area contributed by atoms with Gasteiger partial charge in [0, 0.05) is 31.5 Å². The number of halogens is 1. The van der Waals surface area contributed by atoms with Gasteiger partial charge in [0.05, 0.1) is 11.5 Å². The Hall–Kier alpha value is -1.44. The lowest BCUT2D eigenvalue weighted by molar-refractivity contribution is 0.219. The Kier molecular flexibility index (Phi) is 4.65. The molecule has 2 N–H and O–H groups in total. The summed E-state index contributed by atoms with van der Waals surface area (Å²) in [7, 11) is -2.14. The van der Waals surface area contributed by atoms with Crippen LogP contribution in [0.15, 0.2) is 28.7 Å². The maximum Gasteiger partial charge on any atom is 0.243 e. The van der Waals surface area contributed by atoms with Gasteiger partial charge >= 0.3 is 0 Å². The van der Waals surface area contributed by atoms with E-state index >= 15 is 0 Å². The average molecular weight is 314 g/mol. The quantitative estimate of drug-likeness (QED) is 0.678. The molecule has 0 amide bonds. The van der Waals surface area contributed by atoms with Crippen LogP contribution in [0.4, 0.5) is 10.1 Å². The molecule has 0 saturated carbocycles. The molecular weight excluding hydrogens is 295 g/mol. The minimum Gasteiger partial charge on any atom is -0.398 e. The van der Waals surface area contributed by atoms with Gasteiger partial charge in [-0.15, -0.1) is 0 Å². The maximum atomic E-state index is 13.7. The largest absolute Gasteiger partial charge is 0.398 e. The van der Waals surface area contributed by atoms with Gasteiger partial charge in [-0.1, -0.05) is 6.08 Å². The van der Waals surface area contributed by atoms with Crippen molar-refractivity contribution in [2.45, 2.75) is 18.2 Å². The number of sulfonamides is 1. The highest BCUT2D eigenvalue weighted by Gasteiger charge is 2.27. The molecule has 0 saturated heterocycles. The first-order valence-corrected chi connectivity index (χ1v) is 8.03. The first kappa shape index (κ1) is 15.9. The molecule has 5 nitrogen and oxygen atoms in total. The predicted octanol–water partition coefficient (Wildman–Crippen LogP) is 1.68. The Morgan fingerprint density at radius 1 is 1.43 bits per heavy atom. The molecule has 1 aromatic carbocycles. The van der Waals surface area contributed by atoms with Crippen LogP contribution in [0.2, 0.25) is 0 Å². The lowest BCUT2D eigenvalue weighted by atomic mass is 10.1. The van der Waals surface area contributed by atoms with Crippen molar-refractivity contribution in [2.24, 2.45) is 0 Å². The highest BCUT2D eigenvalue weighted by atomic mass is 32.2. The number of methoxy groups -OCH3 is 1. The first-order chi connectivity index (χ1) is 9.86. The van der Waals surface area contributed by atoms with Gasteiger partial charge in [-0.2, -0.15) is 4.31 Å². The van der Waals surface area contributed by atoms with Crippen molar-refractivity contribution in [3.63, 3.8) is 0 Å². The van der Waals surface area contributed by atoms with E-state index in [1.807, 2.05) is 6.08 Å². The van der Waals surface area contributed by atoms with E-state index < -0.39 is 15.8 Å². The topological polar surface area (TPSA) is 72.6 Å². The SMILES string of the molecule is COCC1=CCN(S(=O)(=O)c2cc(N)c(C)c(F)c2)CC1. The number of hydrogen-bond acceptors (Lipinski definition) is 4. The van der Waals surface area contributed by atoms with E-state index in [2.05, 4.69) is 0 Å². The molecule has 0 aliphatic carbocycles. The molecule has 0 aromatic heterocycles. The molecule has 1 aliphatic rings. The molecule has 0 atom stereocenters. The zero-order chi connectivity index (χ0) is 15.6. The molecule has 1 aromatic rings. The molecule has 116 valence electrons. The minimum atomic E-state index is -3.73. The molecule has 0 bridgehead atoms. The smallest absolute Gasteiger partial charge is 0.243 e. The highest BCUT2D eigenvalue weighted by Crippen LogP contribution is 2.25. The first-order valence-electron chi connectivity index (χ1n) is 6.59. The number of nitrogen functional groups attached to an aromatic ring is 1. The van der Waals surface area contributed by atoms with E-state index in [0.29, 0.717) is 19.6 Å².